The topological polar surface area (TPSA) is 198 Å². The minimum atomic E-state index is -1.62. The Morgan fingerprint density at radius 3 is 1.88 bits per heavy atom. The summed E-state index contributed by atoms with van der Waals surface area (Å²) in [5.74, 6) is 0.261. The number of nitrogens with one attached hydrogen (secondary N) is 1. The normalized spacial score (nSPS) is 24.4. The quantitative estimate of drug-likeness (QED) is 0.0390. The van der Waals surface area contributed by atoms with Crippen LogP contribution in [0, 0.1) is 5.92 Å². The van der Waals surface area contributed by atoms with Crippen molar-refractivity contribution >= 4 is 12.0 Å². The van der Waals surface area contributed by atoms with Crippen molar-refractivity contribution in [1.29, 1.82) is 0 Å². The molecule has 13 nitrogen and oxygen atoms in total. The Balaban J connectivity index is 1.68. The number of aliphatic hydroxyl groups excluding tert-OH is 6. The van der Waals surface area contributed by atoms with Crippen LogP contribution in [-0.2, 0) is 19.0 Å². The van der Waals surface area contributed by atoms with E-state index in [9.17, 15) is 40.2 Å². The lowest BCUT2D eigenvalue weighted by Gasteiger charge is -2.40. The van der Waals surface area contributed by atoms with Gasteiger partial charge in [0.15, 0.2) is 6.29 Å². The van der Waals surface area contributed by atoms with Gasteiger partial charge in [0, 0.05) is 19.5 Å². The predicted molar refractivity (Wildman–Crippen MR) is 221 cm³/mol. The molecule has 0 aromatic heterocycles. The largest absolute Gasteiger partial charge is 0.444 e. The van der Waals surface area contributed by atoms with Crippen LogP contribution < -0.4 is 5.32 Å². The number of aliphatic hydroxyl groups is 6. The summed E-state index contributed by atoms with van der Waals surface area (Å²) >= 11 is 0. The number of amides is 2. The Bertz CT molecular complexity index is 1040. The van der Waals surface area contributed by atoms with Crippen molar-refractivity contribution < 1.29 is 54.4 Å². The van der Waals surface area contributed by atoms with E-state index in [1.54, 1.807) is 0 Å². The highest BCUT2D eigenvalue weighted by Crippen LogP contribution is 2.25. The molecular formula is C44H84N2O11. The summed E-state index contributed by atoms with van der Waals surface area (Å²) in [5, 5.41) is 65.1. The van der Waals surface area contributed by atoms with E-state index in [4.69, 9.17) is 14.2 Å². The lowest BCUT2D eigenvalue weighted by Crippen LogP contribution is -2.60. The summed E-state index contributed by atoms with van der Waals surface area (Å²) in [6, 6.07) is -1.01. The van der Waals surface area contributed by atoms with Gasteiger partial charge >= 0.3 is 6.09 Å². The van der Waals surface area contributed by atoms with Crippen LogP contribution >= 0.6 is 0 Å². The summed E-state index contributed by atoms with van der Waals surface area (Å²) in [4.78, 5) is 27.2. The molecule has 2 fully saturated rings. The monoisotopic (exact) mass is 817 g/mol. The third kappa shape index (κ3) is 22.0. The highest BCUT2D eigenvalue weighted by atomic mass is 16.7. The molecule has 0 aliphatic carbocycles. The first-order chi connectivity index (χ1) is 27.3. The van der Waals surface area contributed by atoms with Gasteiger partial charge in [-0.2, -0.15) is 0 Å². The van der Waals surface area contributed by atoms with Crippen molar-refractivity contribution in [3.8, 4) is 0 Å². The molecule has 13 heteroatoms. The lowest BCUT2D eigenvalue weighted by molar-refractivity contribution is -0.303. The van der Waals surface area contributed by atoms with Gasteiger partial charge in [-0.15, -0.1) is 0 Å². The van der Waals surface area contributed by atoms with Crippen LogP contribution in [0.2, 0.25) is 0 Å². The van der Waals surface area contributed by atoms with Crippen molar-refractivity contribution in [1.82, 2.24) is 10.2 Å². The molecule has 0 aromatic carbocycles. The molecule has 0 spiro atoms. The molecule has 336 valence electrons. The number of hydrogen-bond acceptors (Lipinski definition) is 11. The SMILES string of the molecule is CCCCCCCCCCCCCC[C@@H](O)[C@@H](O)[C@H](CO[C@H]1O[C@H](CO)[C@H](O)[C@H](O)[C@H]1O)NC(=O)CCCCCCCCCCC1CCN(C(=O)OC(C)(C)C)C1. The van der Waals surface area contributed by atoms with Crippen LogP contribution in [0.15, 0.2) is 0 Å². The zero-order chi connectivity index (χ0) is 42.1. The smallest absolute Gasteiger partial charge is 0.410 e. The minimum absolute atomic E-state index is 0.209. The summed E-state index contributed by atoms with van der Waals surface area (Å²) in [5.41, 5.74) is -0.470. The highest BCUT2D eigenvalue weighted by molar-refractivity contribution is 5.76. The van der Waals surface area contributed by atoms with Gasteiger partial charge in [0.05, 0.1) is 25.4 Å². The molecule has 2 rings (SSSR count). The Morgan fingerprint density at radius 2 is 1.32 bits per heavy atom. The van der Waals surface area contributed by atoms with Crippen LogP contribution in [0.5, 0.6) is 0 Å². The molecule has 2 aliphatic heterocycles. The minimum Gasteiger partial charge on any atom is -0.444 e. The van der Waals surface area contributed by atoms with E-state index in [2.05, 4.69) is 12.2 Å². The van der Waals surface area contributed by atoms with E-state index in [-0.39, 0.29) is 25.0 Å². The van der Waals surface area contributed by atoms with E-state index in [1.807, 2.05) is 25.7 Å². The summed E-state index contributed by atoms with van der Waals surface area (Å²) in [6.45, 7) is 8.54. The van der Waals surface area contributed by atoms with Crippen molar-refractivity contribution in [3.05, 3.63) is 0 Å². The van der Waals surface area contributed by atoms with Crippen LogP contribution in [0.4, 0.5) is 4.79 Å². The average molecular weight is 817 g/mol. The number of carbonyl (C=O) groups excluding carboxylic acids is 2. The van der Waals surface area contributed by atoms with Crippen molar-refractivity contribution in [2.24, 2.45) is 5.92 Å². The molecule has 57 heavy (non-hydrogen) atoms. The number of likely N-dealkylation sites (tertiary alicyclic amines) is 1. The van der Waals surface area contributed by atoms with Gasteiger partial charge in [-0.25, -0.2) is 4.79 Å². The third-order valence-electron chi connectivity index (χ3n) is 11.5. The number of carbonyl (C=O) groups is 2. The number of unbranched alkanes of at least 4 members (excludes halogenated alkanes) is 18. The van der Waals surface area contributed by atoms with Gasteiger partial charge in [0.25, 0.3) is 0 Å². The van der Waals surface area contributed by atoms with Crippen LogP contribution in [0.1, 0.15) is 182 Å². The maximum Gasteiger partial charge on any atom is 0.410 e. The van der Waals surface area contributed by atoms with Gasteiger partial charge in [-0.05, 0) is 52.4 Å². The molecule has 2 aliphatic rings. The molecule has 7 N–H and O–H groups in total. The summed E-state index contributed by atoms with van der Waals surface area (Å²) < 4.78 is 16.6. The van der Waals surface area contributed by atoms with E-state index >= 15 is 0 Å². The molecule has 9 atom stereocenters. The Kier molecular flexibility index (Phi) is 26.8. The first-order valence-electron chi connectivity index (χ1n) is 22.8. The molecular weight excluding hydrogens is 732 g/mol. The first kappa shape index (κ1) is 51.6. The van der Waals surface area contributed by atoms with Gasteiger partial charge in [-0.1, -0.05) is 129 Å². The molecule has 2 saturated heterocycles. The fourth-order valence-corrected chi connectivity index (χ4v) is 7.88. The van der Waals surface area contributed by atoms with Crippen LogP contribution in [-0.4, -0.2) is 128 Å². The van der Waals surface area contributed by atoms with Gasteiger partial charge < -0.3 is 55.1 Å². The number of nitrogens with zero attached hydrogens (tertiary/aromatic N) is 1. The van der Waals surface area contributed by atoms with E-state index < -0.39 is 61.2 Å². The summed E-state index contributed by atoms with van der Waals surface area (Å²) in [7, 11) is 0. The number of rotatable bonds is 31. The standard InChI is InChI=1S/C44H84N2O11/c1-5-6-7-8-9-10-11-12-13-17-20-23-26-35(48)38(50)34(32-55-42-41(53)40(52)39(51)36(31-47)56-42)45-37(49)27-24-21-18-15-14-16-19-22-25-33-28-29-46(30-33)43(54)57-44(2,3)4/h33-36,38-42,47-48,50-53H,5-32H2,1-4H3,(H,45,49)/t33?,34-,35+,36+,38-,39-,40-,41+,42-/m0/s1. The molecule has 1 unspecified atom stereocenters. The Hall–Kier alpha value is -1.58. The van der Waals surface area contributed by atoms with Crippen molar-refractivity contribution in [2.45, 2.75) is 236 Å². The van der Waals surface area contributed by atoms with E-state index in [1.165, 1.54) is 64.2 Å². The Labute approximate surface area is 344 Å². The zero-order valence-corrected chi connectivity index (χ0v) is 36.2. The fourth-order valence-electron chi connectivity index (χ4n) is 7.88. The van der Waals surface area contributed by atoms with Crippen LogP contribution in [0.3, 0.4) is 0 Å². The number of ether oxygens (including phenoxy) is 3. The Morgan fingerprint density at radius 1 is 0.772 bits per heavy atom. The molecule has 2 amide bonds. The van der Waals surface area contributed by atoms with Gasteiger partial charge in [0.2, 0.25) is 5.91 Å². The molecule has 0 aromatic rings. The first-order valence-corrected chi connectivity index (χ1v) is 22.8. The second kappa shape index (κ2) is 29.6. The number of hydrogen-bond donors (Lipinski definition) is 7. The second-order valence-electron chi connectivity index (χ2n) is 17.9. The molecule has 0 bridgehead atoms. The van der Waals surface area contributed by atoms with Gasteiger partial charge in [0.1, 0.15) is 36.1 Å². The van der Waals surface area contributed by atoms with E-state index in [0.717, 1.165) is 83.7 Å². The molecule has 0 saturated carbocycles. The van der Waals surface area contributed by atoms with Crippen molar-refractivity contribution in [3.63, 3.8) is 0 Å². The van der Waals surface area contributed by atoms with Gasteiger partial charge in [-0.3, -0.25) is 4.79 Å². The molecule has 0 radical (unpaired) electrons. The highest BCUT2D eigenvalue weighted by Gasteiger charge is 2.44. The van der Waals surface area contributed by atoms with Crippen molar-refractivity contribution in [2.75, 3.05) is 26.3 Å². The van der Waals surface area contributed by atoms with E-state index in [0.29, 0.717) is 18.8 Å². The lowest BCUT2D eigenvalue weighted by atomic mass is 9.98. The van der Waals surface area contributed by atoms with Crippen LogP contribution in [0.25, 0.3) is 0 Å². The maximum atomic E-state index is 13.0. The average Bonchev–Trinajstić information content (AvgIpc) is 3.65. The fraction of sp³-hybridized carbons (Fsp3) is 0.955. The molecule has 2 heterocycles. The zero-order valence-electron chi connectivity index (χ0n) is 36.2. The maximum absolute atomic E-state index is 13.0. The summed E-state index contributed by atoms with van der Waals surface area (Å²) in [6.07, 6.45) is 15.3. The third-order valence-corrected chi connectivity index (χ3v) is 11.5. The second-order valence-corrected chi connectivity index (χ2v) is 17.9. The predicted octanol–water partition coefficient (Wildman–Crippen LogP) is 6.26.